The molecule has 0 atom stereocenters. The fourth-order valence-corrected chi connectivity index (χ4v) is 1.57. The molecule has 1 rings (SSSR count). The van der Waals surface area contributed by atoms with E-state index >= 15 is 0 Å². The standard InChI is InChI=1S/C16H20N2O/c1-4-8-13(2)18-16(17-12-11-14(3)19)15-9-6-5-7-10-15/h5-7,9-12H,4,8H2,1-3H3/b12-11+,17-16-,18-13+. The maximum Gasteiger partial charge on any atom is 0.159 e. The van der Waals surface area contributed by atoms with Gasteiger partial charge in [0.05, 0.1) is 0 Å². The van der Waals surface area contributed by atoms with E-state index in [2.05, 4.69) is 16.9 Å². The van der Waals surface area contributed by atoms with Crippen molar-refractivity contribution in [2.24, 2.45) is 9.98 Å². The number of hydrogen-bond acceptors (Lipinski definition) is 2. The second-order valence-corrected chi connectivity index (χ2v) is 4.34. The number of hydrogen-bond donors (Lipinski definition) is 0. The summed E-state index contributed by atoms with van der Waals surface area (Å²) < 4.78 is 0. The lowest BCUT2D eigenvalue weighted by Crippen LogP contribution is -2.01. The number of amidine groups is 1. The van der Waals surface area contributed by atoms with Crippen molar-refractivity contribution in [2.45, 2.75) is 33.6 Å². The maximum atomic E-state index is 10.9. The first kappa shape index (κ1) is 15.0. The van der Waals surface area contributed by atoms with Crippen molar-refractivity contribution < 1.29 is 4.79 Å². The largest absolute Gasteiger partial charge is 0.295 e. The van der Waals surface area contributed by atoms with Gasteiger partial charge < -0.3 is 0 Å². The van der Waals surface area contributed by atoms with Crippen molar-refractivity contribution in [2.75, 3.05) is 0 Å². The van der Waals surface area contributed by atoms with Crippen LogP contribution in [0.3, 0.4) is 0 Å². The van der Waals surface area contributed by atoms with Crippen LogP contribution in [0, 0.1) is 0 Å². The molecule has 1 aromatic carbocycles. The van der Waals surface area contributed by atoms with Crippen LogP contribution in [0.2, 0.25) is 0 Å². The molecule has 19 heavy (non-hydrogen) atoms. The Morgan fingerprint density at radius 1 is 1.21 bits per heavy atom. The Morgan fingerprint density at radius 3 is 2.47 bits per heavy atom. The van der Waals surface area contributed by atoms with Gasteiger partial charge in [-0.15, -0.1) is 0 Å². The van der Waals surface area contributed by atoms with Crippen molar-refractivity contribution >= 4 is 17.3 Å². The molecule has 0 saturated heterocycles. The summed E-state index contributed by atoms with van der Waals surface area (Å²) in [5.74, 6) is 0.620. The number of aliphatic imine (C=N–C) groups is 2. The summed E-state index contributed by atoms with van der Waals surface area (Å²) in [4.78, 5) is 19.7. The second kappa shape index (κ2) is 8.14. The summed E-state index contributed by atoms with van der Waals surface area (Å²) >= 11 is 0. The highest BCUT2D eigenvalue weighted by atomic mass is 16.1. The maximum absolute atomic E-state index is 10.9. The normalized spacial score (nSPS) is 13.0. The number of rotatable bonds is 5. The number of carbonyl (C=O) groups excluding carboxylic acids is 1. The molecule has 3 nitrogen and oxygen atoms in total. The summed E-state index contributed by atoms with van der Waals surface area (Å²) in [6, 6.07) is 9.77. The van der Waals surface area contributed by atoms with Gasteiger partial charge in [0.15, 0.2) is 11.6 Å². The predicted molar refractivity (Wildman–Crippen MR) is 80.8 cm³/mol. The molecule has 0 aromatic heterocycles. The van der Waals surface area contributed by atoms with Gasteiger partial charge in [0.25, 0.3) is 0 Å². The molecule has 3 heteroatoms. The van der Waals surface area contributed by atoms with Crippen molar-refractivity contribution in [3.63, 3.8) is 0 Å². The zero-order valence-corrected chi connectivity index (χ0v) is 11.8. The number of nitrogens with zero attached hydrogens (tertiary/aromatic N) is 2. The Bertz CT molecular complexity index is 499. The second-order valence-electron chi connectivity index (χ2n) is 4.34. The summed E-state index contributed by atoms with van der Waals surface area (Å²) in [5.41, 5.74) is 1.99. The number of carbonyl (C=O) groups is 1. The number of benzene rings is 1. The van der Waals surface area contributed by atoms with Crippen molar-refractivity contribution in [3.8, 4) is 0 Å². The van der Waals surface area contributed by atoms with Gasteiger partial charge in [-0.05, 0) is 26.3 Å². The van der Waals surface area contributed by atoms with E-state index in [1.807, 2.05) is 37.3 Å². The molecule has 0 unspecified atom stereocenters. The minimum absolute atomic E-state index is 0.0228. The molecule has 0 bridgehead atoms. The van der Waals surface area contributed by atoms with E-state index in [0.717, 1.165) is 24.1 Å². The third kappa shape index (κ3) is 5.91. The van der Waals surface area contributed by atoms with Gasteiger partial charge in [-0.1, -0.05) is 43.7 Å². The predicted octanol–water partition coefficient (Wildman–Crippen LogP) is 3.80. The summed E-state index contributed by atoms with van der Waals surface area (Å²) in [6.45, 7) is 5.62. The summed E-state index contributed by atoms with van der Waals surface area (Å²) in [6.07, 6.45) is 4.95. The fourth-order valence-electron chi connectivity index (χ4n) is 1.57. The minimum Gasteiger partial charge on any atom is -0.295 e. The average molecular weight is 256 g/mol. The minimum atomic E-state index is -0.0228. The van der Waals surface area contributed by atoms with Crippen LogP contribution in [0.1, 0.15) is 39.2 Å². The summed E-state index contributed by atoms with van der Waals surface area (Å²) in [7, 11) is 0. The highest BCUT2D eigenvalue weighted by Gasteiger charge is 2.01. The van der Waals surface area contributed by atoms with E-state index in [1.54, 1.807) is 0 Å². The van der Waals surface area contributed by atoms with Crippen molar-refractivity contribution in [1.29, 1.82) is 0 Å². The highest BCUT2D eigenvalue weighted by Crippen LogP contribution is 2.05. The molecule has 0 fully saturated rings. The third-order valence-corrected chi connectivity index (χ3v) is 2.45. The Hall–Kier alpha value is -2.03. The quantitative estimate of drug-likeness (QED) is 0.449. The SMILES string of the molecule is CCC/C(C)=N/C(=N\C=C\C(C)=O)c1ccccc1. The lowest BCUT2D eigenvalue weighted by atomic mass is 10.2. The van der Waals surface area contributed by atoms with Gasteiger partial charge in [0, 0.05) is 17.5 Å². The van der Waals surface area contributed by atoms with Gasteiger partial charge in [-0.3, -0.25) is 4.79 Å². The Morgan fingerprint density at radius 2 is 1.89 bits per heavy atom. The van der Waals surface area contributed by atoms with Gasteiger partial charge in [0.2, 0.25) is 0 Å². The molecule has 0 spiro atoms. The molecular formula is C16H20N2O. The lowest BCUT2D eigenvalue weighted by Gasteiger charge is -2.02. The molecule has 0 N–H and O–H groups in total. The van der Waals surface area contributed by atoms with Crippen LogP contribution in [0.5, 0.6) is 0 Å². The third-order valence-electron chi connectivity index (χ3n) is 2.45. The number of ketones is 1. The Labute approximate surface area is 114 Å². The van der Waals surface area contributed by atoms with Crippen LogP contribution in [0.25, 0.3) is 0 Å². The van der Waals surface area contributed by atoms with Crippen LogP contribution < -0.4 is 0 Å². The number of allylic oxidation sites excluding steroid dienone is 1. The first-order valence-electron chi connectivity index (χ1n) is 6.48. The average Bonchev–Trinajstić information content (AvgIpc) is 2.38. The molecular weight excluding hydrogens is 236 g/mol. The highest BCUT2D eigenvalue weighted by molar-refractivity contribution is 6.06. The molecule has 0 heterocycles. The van der Waals surface area contributed by atoms with E-state index in [4.69, 9.17) is 0 Å². The monoisotopic (exact) mass is 256 g/mol. The first-order chi connectivity index (χ1) is 9.13. The van der Waals surface area contributed by atoms with Gasteiger partial charge >= 0.3 is 0 Å². The Balaban J connectivity index is 3.05. The van der Waals surface area contributed by atoms with E-state index in [-0.39, 0.29) is 5.78 Å². The molecule has 1 aromatic rings. The van der Waals surface area contributed by atoms with Crippen LogP contribution in [0.4, 0.5) is 0 Å². The van der Waals surface area contributed by atoms with Gasteiger partial charge in [-0.25, -0.2) is 9.98 Å². The van der Waals surface area contributed by atoms with Gasteiger partial charge in [0.1, 0.15) is 0 Å². The van der Waals surface area contributed by atoms with Crippen LogP contribution >= 0.6 is 0 Å². The topological polar surface area (TPSA) is 41.8 Å². The molecule has 0 saturated carbocycles. The van der Waals surface area contributed by atoms with E-state index in [9.17, 15) is 4.79 Å². The fraction of sp³-hybridized carbons (Fsp3) is 0.312. The van der Waals surface area contributed by atoms with Crippen LogP contribution in [-0.2, 0) is 4.79 Å². The van der Waals surface area contributed by atoms with E-state index < -0.39 is 0 Å². The zero-order valence-electron chi connectivity index (χ0n) is 11.8. The zero-order chi connectivity index (χ0) is 14.1. The first-order valence-corrected chi connectivity index (χ1v) is 6.48. The molecule has 0 radical (unpaired) electrons. The van der Waals surface area contributed by atoms with E-state index in [0.29, 0.717) is 5.84 Å². The summed E-state index contributed by atoms with van der Waals surface area (Å²) in [5, 5.41) is 0. The van der Waals surface area contributed by atoms with Gasteiger partial charge in [-0.2, -0.15) is 0 Å². The van der Waals surface area contributed by atoms with Crippen molar-refractivity contribution in [3.05, 3.63) is 48.2 Å². The Kier molecular flexibility index (Phi) is 6.44. The van der Waals surface area contributed by atoms with E-state index in [1.165, 1.54) is 19.2 Å². The molecule has 0 amide bonds. The molecule has 0 aliphatic rings. The van der Waals surface area contributed by atoms with Crippen LogP contribution in [-0.4, -0.2) is 17.3 Å². The van der Waals surface area contributed by atoms with Crippen molar-refractivity contribution in [1.82, 2.24) is 0 Å². The lowest BCUT2D eigenvalue weighted by molar-refractivity contribution is -0.112. The molecule has 0 aliphatic heterocycles. The van der Waals surface area contributed by atoms with Crippen LogP contribution in [0.15, 0.2) is 52.6 Å². The molecule has 0 aliphatic carbocycles. The molecule has 100 valence electrons. The smallest absolute Gasteiger partial charge is 0.159 e.